The fraction of sp³-hybridized carbons (Fsp3) is 0.125. The van der Waals surface area contributed by atoms with Crippen LogP contribution >= 0.6 is 11.3 Å². The number of nitrogens with two attached hydrogens (primary N) is 1. The molecule has 1 rings (SSSR count). The molecule has 0 aliphatic rings. The molecule has 2 nitrogen and oxygen atoms in total. The van der Waals surface area contributed by atoms with Crippen molar-refractivity contribution in [3.05, 3.63) is 28.5 Å². The van der Waals surface area contributed by atoms with Crippen LogP contribution in [-0.4, -0.2) is 6.54 Å². The zero-order valence-corrected chi connectivity index (χ0v) is 6.77. The van der Waals surface area contributed by atoms with Crippen molar-refractivity contribution in [3.63, 3.8) is 0 Å². The lowest BCUT2D eigenvalue weighted by molar-refractivity contribution is 1.26. The molecule has 2 N–H and O–H groups in total. The molecule has 56 valence electrons. The Morgan fingerprint density at radius 1 is 1.82 bits per heavy atom. The first-order valence-electron chi connectivity index (χ1n) is 3.21. The summed E-state index contributed by atoms with van der Waals surface area (Å²) in [4.78, 5) is 0. The lowest BCUT2D eigenvalue weighted by Gasteiger charge is -1.90. The highest BCUT2D eigenvalue weighted by atomic mass is 32.1. The van der Waals surface area contributed by atoms with Gasteiger partial charge in [-0.3, -0.25) is 0 Å². The predicted octanol–water partition coefficient (Wildman–Crippen LogP) is 1.61. The Balaban J connectivity index is 2.91. The van der Waals surface area contributed by atoms with Gasteiger partial charge >= 0.3 is 0 Å². The molecule has 1 aromatic rings. The highest BCUT2D eigenvalue weighted by molar-refractivity contribution is 7.08. The van der Waals surface area contributed by atoms with Crippen LogP contribution in [0.2, 0.25) is 0 Å². The topological polar surface area (TPSA) is 49.8 Å². The van der Waals surface area contributed by atoms with Gasteiger partial charge in [-0.1, -0.05) is 6.08 Å². The molecule has 0 aromatic carbocycles. The molecular formula is C8H8N2S. The molecule has 0 radical (unpaired) electrons. The standard InChI is InChI=1S/C8H8N2S/c9-3-1-7(5-10)8-2-4-11-6-8/h1-2,4,6H,3,9H2/b7-1+. The summed E-state index contributed by atoms with van der Waals surface area (Å²) in [5.74, 6) is 0. The molecule has 0 unspecified atom stereocenters. The first kappa shape index (κ1) is 7.99. The summed E-state index contributed by atoms with van der Waals surface area (Å²) < 4.78 is 0. The van der Waals surface area contributed by atoms with Crippen molar-refractivity contribution in [2.75, 3.05) is 6.54 Å². The summed E-state index contributed by atoms with van der Waals surface area (Å²) >= 11 is 1.58. The average molecular weight is 164 g/mol. The van der Waals surface area contributed by atoms with Crippen LogP contribution in [0, 0.1) is 11.3 Å². The minimum atomic E-state index is 0.415. The van der Waals surface area contributed by atoms with Crippen LogP contribution in [0.4, 0.5) is 0 Å². The van der Waals surface area contributed by atoms with Gasteiger partial charge in [-0.2, -0.15) is 16.6 Å². The molecule has 0 amide bonds. The fourth-order valence-corrected chi connectivity index (χ4v) is 1.42. The van der Waals surface area contributed by atoms with Crippen LogP contribution in [0.3, 0.4) is 0 Å². The Kier molecular flexibility index (Phi) is 2.84. The van der Waals surface area contributed by atoms with Crippen LogP contribution in [0.5, 0.6) is 0 Å². The number of nitriles is 1. The van der Waals surface area contributed by atoms with Crippen LogP contribution < -0.4 is 5.73 Å². The number of allylic oxidation sites excluding steroid dienone is 1. The van der Waals surface area contributed by atoms with Crippen molar-refractivity contribution in [2.24, 2.45) is 5.73 Å². The lowest BCUT2D eigenvalue weighted by Crippen LogP contribution is -1.94. The largest absolute Gasteiger partial charge is 0.327 e. The van der Waals surface area contributed by atoms with Crippen molar-refractivity contribution in [1.29, 1.82) is 5.26 Å². The quantitative estimate of drug-likeness (QED) is 0.675. The van der Waals surface area contributed by atoms with Gasteiger partial charge in [-0.15, -0.1) is 0 Å². The van der Waals surface area contributed by atoms with Gasteiger partial charge in [-0.05, 0) is 16.8 Å². The number of hydrogen-bond donors (Lipinski definition) is 1. The van der Waals surface area contributed by atoms with E-state index in [0.717, 1.165) is 5.56 Å². The van der Waals surface area contributed by atoms with Crippen LogP contribution in [-0.2, 0) is 0 Å². The van der Waals surface area contributed by atoms with E-state index in [1.165, 1.54) is 0 Å². The molecule has 11 heavy (non-hydrogen) atoms. The average Bonchev–Trinajstić information content (AvgIpc) is 2.52. The monoisotopic (exact) mass is 164 g/mol. The predicted molar refractivity (Wildman–Crippen MR) is 47.0 cm³/mol. The van der Waals surface area contributed by atoms with Gasteiger partial charge in [-0.25, -0.2) is 0 Å². The van der Waals surface area contributed by atoms with Crippen molar-refractivity contribution >= 4 is 16.9 Å². The van der Waals surface area contributed by atoms with Gasteiger partial charge in [0, 0.05) is 12.1 Å². The Labute approximate surface area is 69.6 Å². The third-order valence-electron chi connectivity index (χ3n) is 1.27. The zero-order chi connectivity index (χ0) is 8.10. The van der Waals surface area contributed by atoms with Gasteiger partial charge in [0.2, 0.25) is 0 Å². The molecule has 0 aliphatic carbocycles. The molecule has 0 saturated carbocycles. The number of hydrogen-bond acceptors (Lipinski definition) is 3. The van der Waals surface area contributed by atoms with Gasteiger partial charge < -0.3 is 5.73 Å². The normalized spacial score (nSPS) is 11.1. The van der Waals surface area contributed by atoms with E-state index in [0.29, 0.717) is 12.1 Å². The van der Waals surface area contributed by atoms with Crippen molar-refractivity contribution in [2.45, 2.75) is 0 Å². The molecule has 0 atom stereocenters. The van der Waals surface area contributed by atoms with E-state index >= 15 is 0 Å². The molecule has 1 heterocycles. The molecule has 0 bridgehead atoms. The van der Waals surface area contributed by atoms with E-state index in [1.807, 2.05) is 16.8 Å². The smallest absolute Gasteiger partial charge is 0.0995 e. The minimum absolute atomic E-state index is 0.415. The van der Waals surface area contributed by atoms with Gasteiger partial charge in [0.25, 0.3) is 0 Å². The Bertz CT molecular complexity index is 280. The number of thiophene rings is 1. The summed E-state index contributed by atoms with van der Waals surface area (Å²) in [5.41, 5.74) is 6.91. The fourth-order valence-electron chi connectivity index (χ4n) is 0.764. The summed E-state index contributed by atoms with van der Waals surface area (Å²) in [7, 11) is 0. The summed E-state index contributed by atoms with van der Waals surface area (Å²) in [5, 5.41) is 12.5. The first-order valence-corrected chi connectivity index (χ1v) is 4.15. The summed E-state index contributed by atoms with van der Waals surface area (Å²) in [6, 6.07) is 4.01. The summed E-state index contributed by atoms with van der Waals surface area (Å²) in [6.45, 7) is 0.415. The van der Waals surface area contributed by atoms with Crippen molar-refractivity contribution in [1.82, 2.24) is 0 Å². The Morgan fingerprint density at radius 2 is 2.64 bits per heavy atom. The van der Waals surface area contributed by atoms with E-state index in [-0.39, 0.29) is 0 Å². The number of rotatable bonds is 2. The SMILES string of the molecule is N#C/C(=C\CN)c1ccsc1. The van der Waals surface area contributed by atoms with E-state index in [1.54, 1.807) is 17.4 Å². The first-order chi connectivity index (χ1) is 5.38. The maximum atomic E-state index is 8.66. The minimum Gasteiger partial charge on any atom is -0.327 e. The van der Waals surface area contributed by atoms with Crippen molar-refractivity contribution in [3.8, 4) is 6.07 Å². The van der Waals surface area contributed by atoms with Crippen LogP contribution in [0.25, 0.3) is 5.57 Å². The third-order valence-corrected chi connectivity index (χ3v) is 1.96. The van der Waals surface area contributed by atoms with E-state index in [9.17, 15) is 0 Å². The molecule has 1 aromatic heterocycles. The zero-order valence-electron chi connectivity index (χ0n) is 5.95. The highest BCUT2D eigenvalue weighted by Gasteiger charge is 1.97. The van der Waals surface area contributed by atoms with Gasteiger partial charge in [0.05, 0.1) is 11.6 Å². The second-order valence-electron chi connectivity index (χ2n) is 1.98. The van der Waals surface area contributed by atoms with Crippen molar-refractivity contribution < 1.29 is 0 Å². The molecule has 3 heteroatoms. The third kappa shape index (κ3) is 1.90. The van der Waals surface area contributed by atoms with Crippen LogP contribution in [0.15, 0.2) is 22.9 Å². The maximum Gasteiger partial charge on any atom is 0.0995 e. The molecular weight excluding hydrogens is 156 g/mol. The second kappa shape index (κ2) is 3.91. The second-order valence-corrected chi connectivity index (χ2v) is 2.76. The number of nitrogens with zero attached hydrogens (tertiary/aromatic N) is 1. The lowest BCUT2D eigenvalue weighted by atomic mass is 10.1. The van der Waals surface area contributed by atoms with Gasteiger partial charge in [0.1, 0.15) is 0 Å². The Morgan fingerprint density at radius 3 is 3.09 bits per heavy atom. The van der Waals surface area contributed by atoms with Crippen LogP contribution in [0.1, 0.15) is 5.56 Å². The highest BCUT2D eigenvalue weighted by Crippen LogP contribution is 2.15. The molecule has 0 fully saturated rings. The van der Waals surface area contributed by atoms with E-state index < -0.39 is 0 Å². The Hall–Kier alpha value is -1.11. The maximum absolute atomic E-state index is 8.66. The molecule has 0 spiro atoms. The molecule has 0 saturated heterocycles. The molecule has 0 aliphatic heterocycles. The van der Waals surface area contributed by atoms with E-state index in [4.69, 9.17) is 11.0 Å². The summed E-state index contributed by atoms with van der Waals surface area (Å²) in [6.07, 6.45) is 1.72. The van der Waals surface area contributed by atoms with E-state index in [2.05, 4.69) is 6.07 Å². The van der Waals surface area contributed by atoms with Gasteiger partial charge in [0.15, 0.2) is 0 Å².